The Labute approximate surface area is 101 Å². The molecule has 0 saturated carbocycles. The fourth-order valence-corrected chi connectivity index (χ4v) is 2.70. The summed E-state index contributed by atoms with van der Waals surface area (Å²) >= 11 is 1.58. The minimum absolute atomic E-state index is 0.440. The molecule has 3 aromatic rings. The maximum atomic E-state index is 11.5. The zero-order valence-corrected chi connectivity index (χ0v) is 9.62. The van der Waals surface area contributed by atoms with E-state index in [1.165, 1.54) is 0 Å². The number of hydrogen-bond donors (Lipinski definition) is 2. The number of nitrogens with two attached hydrogens (primary N) is 1. The Balaban J connectivity index is 2.40. The molecular weight excluding hydrogens is 234 g/mol. The summed E-state index contributed by atoms with van der Waals surface area (Å²) < 4.78 is 0. The van der Waals surface area contributed by atoms with Crippen molar-refractivity contribution in [2.75, 3.05) is 0 Å². The molecule has 0 fully saturated rings. The summed E-state index contributed by atoms with van der Waals surface area (Å²) in [5.74, 6) is -0.454. The third kappa shape index (κ3) is 1.52. The number of nitrogens with zero attached hydrogens (tertiary/aromatic N) is 1. The first-order valence-electron chi connectivity index (χ1n) is 5.07. The Morgan fingerprint density at radius 3 is 3.00 bits per heavy atom. The zero-order chi connectivity index (χ0) is 11.8. The van der Waals surface area contributed by atoms with Crippen LogP contribution in [0.1, 0.15) is 10.5 Å². The van der Waals surface area contributed by atoms with Crippen molar-refractivity contribution >= 4 is 28.1 Å². The van der Waals surface area contributed by atoms with Gasteiger partial charge in [-0.25, -0.2) is 0 Å². The van der Waals surface area contributed by atoms with Crippen LogP contribution in [0, 0.1) is 0 Å². The fraction of sp³-hybridized carbons (Fsp3) is 0. The molecular formula is C12H9N3OS. The maximum absolute atomic E-state index is 11.5. The largest absolute Gasteiger partial charge is 0.364 e. The van der Waals surface area contributed by atoms with E-state index >= 15 is 0 Å². The summed E-state index contributed by atoms with van der Waals surface area (Å²) in [4.78, 5) is 19.5. The van der Waals surface area contributed by atoms with E-state index in [1.807, 2.05) is 23.6 Å². The van der Waals surface area contributed by atoms with Gasteiger partial charge in [-0.05, 0) is 17.5 Å². The topological polar surface area (TPSA) is 71.8 Å². The Bertz CT molecular complexity index is 685. The molecule has 0 aliphatic rings. The van der Waals surface area contributed by atoms with Crippen LogP contribution in [0.3, 0.4) is 0 Å². The highest BCUT2D eigenvalue weighted by molar-refractivity contribution is 7.13. The second-order valence-corrected chi connectivity index (χ2v) is 4.59. The molecule has 0 unspecified atom stereocenters. The fourth-order valence-electron chi connectivity index (χ4n) is 1.91. The van der Waals surface area contributed by atoms with E-state index in [0.717, 1.165) is 21.3 Å². The van der Waals surface area contributed by atoms with Crippen molar-refractivity contribution < 1.29 is 4.79 Å². The van der Waals surface area contributed by atoms with Crippen molar-refractivity contribution in [2.45, 2.75) is 0 Å². The summed E-state index contributed by atoms with van der Waals surface area (Å²) in [6.45, 7) is 0. The van der Waals surface area contributed by atoms with Gasteiger partial charge in [-0.2, -0.15) is 0 Å². The Morgan fingerprint density at radius 1 is 1.41 bits per heavy atom. The van der Waals surface area contributed by atoms with Crippen molar-refractivity contribution in [3.63, 3.8) is 0 Å². The Kier molecular flexibility index (Phi) is 2.19. The standard InChI is InChI=1S/C12H9N3OS/c13-12(16)11-10(9-2-1-5-17-9)7-3-4-14-6-8(7)15-11/h1-6,15H,(H2,13,16). The monoisotopic (exact) mass is 243 g/mol. The second-order valence-electron chi connectivity index (χ2n) is 3.64. The molecule has 0 atom stereocenters. The average Bonchev–Trinajstić information content (AvgIpc) is 2.94. The lowest BCUT2D eigenvalue weighted by molar-refractivity contribution is 0.0997. The van der Waals surface area contributed by atoms with Crippen LogP contribution < -0.4 is 5.73 Å². The van der Waals surface area contributed by atoms with Gasteiger partial charge in [0.05, 0.1) is 11.7 Å². The van der Waals surface area contributed by atoms with E-state index in [-0.39, 0.29) is 0 Å². The van der Waals surface area contributed by atoms with Crippen molar-refractivity contribution in [1.82, 2.24) is 9.97 Å². The van der Waals surface area contributed by atoms with Gasteiger partial charge >= 0.3 is 0 Å². The minimum Gasteiger partial charge on any atom is -0.364 e. The SMILES string of the molecule is NC(=O)c1[nH]c2cnccc2c1-c1cccs1. The number of primary amides is 1. The predicted octanol–water partition coefficient (Wildman–Crippen LogP) is 2.39. The number of aromatic amines is 1. The van der Waals surface area contributed by atoms with Crippen LogP contribution >= 0.6 is 11.3 Å². The van der Waals surface area contributed by atoms with Crippen LogP contribution in [0.5, 0.6) is 0 Å². The number of nitrogens with one attached hydrogen (secondary N) is 1. The van der Waals surface area contributed by atoms with E-state index < -0.39 is 5.91 Å². The smallest absolute Gasteiger partial charge is 0.265 e. The maximum Gasteiger partial charge on any atom is 0.265 e. The van der Waals surface area contributed by atoms with Crippen LogP contribution in [-0.4, -0.2) is 15.9 Å². The van der Waals surface area contributed by atoms with E-state index in [0.29, 0.717) is 5.69 Å². The van der Waals surface area contributed by atoms with Crippen LogP contribution in [-0.2, 0) is 0 Å². The second kappa shape index (κ2) is 3.71. The van der Waals surface area contributed by atoms with E-state index in [2.05, 4.69) is 9.97 Å². The summed E-state index contributed by atoms with van der Waals surface area (Å²) in [5, 5.41) is 2.94. The number of hydrogen-bond acceptors (Lipinski definition) is 3. The number of aromatic nitrogens is 2. The van der Waals surface area contributed by atoms with Gasteiger partial charge in [0.15, 0.2) is 0 Å². The number of H-pyrrole nitrogens is 1. The molecule has 0 radical (unpaired) electrons. The Hall–Kier alpha value is -2.14. The summed E-state index contributed by atoms with van der Waals surface area (Å²) in [6, 6.07) is 5.80. The third-order valence-electron chi connectivity index (χ3n) is 2.61. The number of rotatable bonds is 2. The van der Waals surface area contributed by atoms with Crippen LogP contribution in [0.4, 0.5) is 0 Å². The molecule has 84 valence electrons. The quantitative estimate of drug-likeness (QED) is 0.725. The molecule has 3 N–H and O–H groups in total. The molecule has 0 bridgehead atoms. The van der Waals surface area contributed by atoms with Gasteiger partial charge in [0, 0.05) is 22.0 Å². The average molecular weight is 243 g/mol. The van der Waals surface area contributed by atoms with E-state index in [9.17, 15) is 4.79 Å². The molecule has 0 saturated heterocycles. The van der Waals surface area contributed by atoms with Gasteiger partial charge in [0.2, 0.25) is 0 Å². The van der Waals surface area contributed by atoms with Gasteiger partial charge in [-0.15, -0.1) is 11.3 Å². The number of fused-ring (bicyclic) bond motifs is 1. The molecule has 0 aliphatic carbocycles. The number of carbonyl (C=O) groups excluding carboxylic acids is 1. The van der Waals surface area contributed by atoms with Crippen LogP contribution in [0.2, 0.25) is 0 Å². The molecule has 3 aromatic heterocycles. The number of thiophene rings is 1. The molecule has 0 aromatic carbocycles. The van der Waals surface area contributed by atoms with Gasteiger partial charge in [0.1, 0.15) is 5.69 Å². The van der Waals surface area contributed by atoms with Crippen molar-refractivity contribution in [3.8, 4) is 10.4 Å². The summed E-state index contributed by atoms with van der Waals surface area (Å²) in [6.07, 6.45) is 3.40. The van der Waals surface area contributed by atoms with Crippen LogP contribution in [0.15, 0.2) is 36.0 Å². The zero-order valence-electron chi connectivity index (χ0n) is 8.81. The summed E-state index contributed by atoms with van der Waals surface area (Å²) in [5.41, 5.74) is 7.53. The lowest BCUT2D eigenvalue weighted by atomic mass is 10.1. The minimum atomic E-state index is -0.454. The van der Waals surface area contributed by atoms with Gasteiger partial charge < -0.3 is 10.7 Å². The normalized spacial score (nSPS) is 10.8. The highest BCUT2D eigenvalue weighted by Crippen LogP contribution is 2.34. The molecule has 4 nitrogen and oxygen atoms in total. The molecule has 3 heterocycles. The lowest BCUT2D eigenvalue weighted by Gasteiger charge is -1.97. The number of pyridine rings is 1. The summed E-state index contributed by atoms with van der Waals surface area (Å²) in [7, 11) is 0. The molecule has 0 spiro atoms. The molecule has 0 aliphatic heterocycles. The third-order valence-corrected chi connectivity index (χ3v) is 3.50. The molecule has 3 rings (SSSR count). The van der Waals surface area contributed by atoms with Gasteiger partial charge in [-0.1, -0.05) is 6.07 Å². The van der Waals surface area contributed by atoms with Crippen molar-refractivity contribution in [2.24, 2.45) is 5.73 Å². The van der Waals surface area contributed by atoms with Gasteiger partial charge in [-0.3, -0.25) is 9.78 Å². The highest BCUT2D eigenvalue weighted by Gasteiger charge is 2.17. The first kappa shape index (κ1) is 10.0. The van der Waals surface area contributed by atoms with Gasteiger partial charge in [0.25, 0.3) is 5.91 Å². The van der Waals surface area contributed by atoms with E-state index in [4.69, 9.17) is 5.73 Å². The number of carbonyl (C=O) groups is 1. The molecule has 5 heteroatoms. The number of amides is 1. The lowest BCUT2D eigenvalue weighted by Crippen LogP contribution is -2.12. The molecule has 17 heavy (non-hydrogen) atoms. The van der Waals surface area contributed by atoms with E-state index in [1.54, 1.807) is 23.7 Å². The van der Waals surface area contributed by atoms with Crippen molar-refractivity contribution in [3.05, 3.63) is 41.7 Å². The first-order chi connectivity index (χ1) is 8.27. The van der Waals surface area contributed by atoms with Crippen molar-refractivity contribution in [1.29, 1.82) is 0 Å². The first-order valence-corrected chi connectivity index (χ1v) is 5.94. The van der Waals surface area contributed by atoms with Crippen LogP contribution in [0.25, 0.3) is 21.3 Å². The molecule has 1 amide bonds. The predicted molar refractivity (Wildman–Crippen MR) is 67.9 cm³/mol. The highest BCUT2D eigenvalue weighted by atomic mass is 32.1. The Morgan fingerprint density at radius 2 is 2.29 bits per heavy atom.